The van der Waals surface area contributed by atoms with E-state index in [0.29, 0.717) is 6.42 Å². The van der Waals surface area contributed by atoms with Gasteiger partial charge in [0.2, 0.25) is 5.91 Å². The van der Waals surface area contributed by atoms with Gasteiger partial charge in [0.15, 0.2) is 0 Å². The fraction of sp³-hybridized carbons (Fsp3) is 0.591. The molecule has 0 radical (unpaired) electrons. The maximum absolute atomic E-state index is 11.8. The first-order chi connectivity index (χ1) is 13.4. The lowest BCUT2D eigenvalue weighted by Gasteiger charge is -2.32. The zero-order valence-corrected chi connectivity index (χ0v) is 19.2. The molecule has 29 heavy (non-hydrogen) atoms. The predicted octanol–water partition coefficient (Wildman–Crippen LogP) is 4.82. The molecule has 1 unspecified atom stereocenters. The number of phosphoric ester groups is 1. The first-order valence-electron chi connectivity index (χ1n) is 10.1. The third-order valence-corrected chi connectivity index (χ3v) is 5.56. The van der Waals surface area contributed by atoms with E-state index >= 15 is 0 Å². The van der Waals surface area contributed by atoms with Crippen LogP contribution in [0.5, 0.6) is 0 Å². The third kappa shape index (κ3) is 10.8. The molecule has 0 aromatic carbocycles. The van der Waals surface area contributed by atoms with Crippen LogP contribution in [0.4, 0.5) is 0 Å². The Balaban J connectivity index is 2.47. The molecule has 0 saturated carbocycles. The fourth-order valence-corrected chi connectivity index (χ4v) is 3.79. The molecular weight excluding hydrogens is 389 g/mol. The second-order valence-electron chi connectivity index (χ2n) is 8.42. The van der Waals surface area contributed by atoms with Crippen molar-refractivity contribution >= 4 is 13.7 Å². The number of hydrogen-bond acceptors (Lipinski definition) is 3. The maximum atomic E-state index is 11.8. The van der Waals surface area contributed by atoms with Gasteiger partial charge in [-0.05, 0) is 50.0 Å². The zero-order chi connectivity index (χ0) is 22.1. The Labute approximate surface area is 175 Å². The predicted molar refractivity (Wildman–Crippen MR) is 117 cm³/mol. The molecule has 1 aliphatic carbocycles. The van der Waals surface area contributed by atoms with Gasteiger partial charge in [-0.2, -0.15) is 0 Å². The minimum atomic E-state index is -4.48. The highest BCUT2D eigenvalue weighted by molar-refractivity contribution is 7.46. The summed E-state index contributed by atoms with van der Waals surface area (Å²) in [5.74, 6) is -0.132. The Morgan fingerprint density at radius 1 is 1.38 bits per heavy atom. The van der Waals surface area contributed by atoms with Gasteiger partial charge in [0, 0.05) is 13.0 Å². The molecule has 164 valence electrons. The summed E-state index contributed by atoms with van der Waals surface area (Å²) in [5.41, 5.74) is 4.29. The number of amides is 1. The van der Waals surface area contributed by atoms with Gasteiger partial charge in [-0.3, -0.25) is 9.32 Å². The van der Waals surface area contributed by atoms with Crippen molar-refractivity contribution in [3.05, 3.63) is 47.1 Å². The van der Waals surface area contributed by atoms with Crippen LogP contribution in [0.2, 0.25) is 0 Å². The Morgan fingerprint density at radius 3 is 2.69 bits per heavy atom. The molecule has 0 heterocycles. The lowest BCUT2D eigenvalue weighted by molar-refractivity contribution is -0.121. The van der Waals surface area contributed by atoms with E-state index in [1.807, 2.05) is 25.2 Å². The van der Waals surface area contributed by atoms with E-state index in [9.17, 15) is 9.36 Å². The van der Waals surface area contributed by atoms with Crippen molar-refractivity contribution in [2.45, 2.75) is 60.3 Å². The van der Waals surface area contributed by atoms with Crippen LogP contribution in [-0.2, 0) is 13.9 Å². The van der Waals surface area contributed by atoms with Crippen molar-refractivity contribution in [3.63, 3.8) is 0 Å². The highest BCUT2D eigenvalue weighted by Gasteiger charge is 2.26. The van der Waals surface area contributed by atoms with Crippen LogP contribution in [0, 0.1) is 11.3 Å². The molecular formula is C22H36NO5P. The van der Waals surface area contributed by atoms with Gasteiger partial charge < -0.3 is 15.1 Å². The van der Waals surface area contributed by atoms with Crippen LogP contribution in [0.1, 0.15) is 60.3 Å². The molecule has 0 aromatic heterocycles. The largest absolute Gasteiger partial charge is 0.469 e. The minimum Gasteiger partial charge on any atom is -0.354 e. The van der Waals surface area contributed by atoms with E-state index in [4.69, 9.17) is 9.79 Å². The second kappa shape index (κ2) is 11.7. The highest BCUT2D eigenvalue weighted by atomic mass is 31.2. The molecule has 7 heteroatoms. The van der Waals surface area contributed by atoms with Crippen LogP contribution in [0.15, 0.2) is 47.1 Å². The molecule has 3 N–H and O–H groups in total. The van der Waals surface area contributed by atoms with E-state index in [0.717, 1.165) is 5.57 Å². The molecule has 0 spiro atoms. The average molecular weight is 426 g/mol. The van der Waals surface area contributed by atoms with E-state index in [-0.39, 0.29) is 30.4 Å². The summed E-state index contributed by atoms with van der Waals surface area (Å²) in [7, 11) is -4.48. The Hall–Kier alpha value is -1.46. The Kier molecular flexibility index (Phi) is 10.3. The number of carbonyl (C=O) groups excluding carboxylic acids is 1. The number of hydrogen-bond donors (Lipinski definition) is 3. The van der Waals surface area contributed by atoms with Crippen LogP contribution in [0.3, 0.4) is 0 Å². The van der Waals surface area contributed by atoms with Gasteiger partial charge in [0.1, 0.15) is 0 Å². The van der Waals surface area contributed by atoms with Gasteiger partial charge in [-0.1, -0.05) is 62.3 Å². The van der Waals surface area contributed by atoms with Crippen molar-refractivity contribution in [2.75, 3.05) is 13.2 Å². The smallest absolute Gasteiger partial charge is 0.354 e. The molecule has 1 aliphatic rings. The van der Waals surface area contributed by atoms with Crippen molar-refractivity contribution in [1.29, 1.82) is 0 Å². The van der Waals surface area contributed by atoms with E-state index in [1.54, 1.807) is 0 Å². The first kappa shape index (κ1) is 25.6. The number of carbonyl (C=O) groups is 1. The third-order valence-electron chi connectivity index (χ3n) is 5.05. The number of allylic oxidation sites excluding steroid dienone is 8. The molecule has 0 bridgehead atoms. The molecule has 0 saturated heterocycles. The summed E-state index contributed by atoms with van der Waals surface area (Å²) in [4.78, 5) is 29.0. The van der Waals surface area contributed by atoms with Crippen LogP contribution in [0.25, 0.3) is 0 Å². The van der Waals surface area contributed by atoms with Crippen LogP contribution < -0.4 is 5.32 Å². The second-order valence-corrected chi connectivity index (χ2v) is 9.65. The van der Waals surface area contributed by atoms with E-state index in [2.05, 4.69) is 49.7 Å². The van der Waals surface area contributed by atoms with Gasteiger partial charge in [-0.15, -0.1) is 0 Å². The topological polar surface area (TPSA) is 95.9 Å². The van der Waals surface area contributed by atoms with Crippen molar-refractivity contribution < 1.29 is 23.7 Å². The number of nitrogens with one attached hydrogen (secondary N) is 1. The molecule has 1 rings (SSSR count). The van der Waals surface area contributed by atoms with Gasteiger partial charge in [0.05, 0.1) is 6.61 Å². The molecule has 1 atom stereocenters. The van der Waals surface area contributed by atoms with Crippen molar-refractivity contribution in [3.8, 4) is 0 Å². The summed E-state index contributed by atoms with van der Waals surface area (Å²) >= 11 is 0. The standard InChI is InChI=1S/C22H36NO5P/c1-17(11-12-20-19(3)10-7-13-22(20,4)5)8-6-9-18(2)16-21(24)23-14-15-28-29(25,26)27/h6,8-9,11-12,18H,7,10,13-16H2,1-5H3,(H,23,24)(H2,25,26,27). The van der Waals surface area contributed by atoms with Crippen molar-refractivity contribution in [1.82, 2.24) is 5.32 Å². The maximum Gasteiger partial charge on any atom is 0.469 e. The molecule has 1 amide bonds. The minimum absolute atomic E-state index is 0.0490. The quantitative estimate of drug-likeness (QED) is 0.265. The normalized spacial score (nSPS) is 19.2. The SMILES string of the molecule is CC(C=CC1=C(C)CCCC1(C)C)=CC=CC(C)CC(=O)NCCOP(=O)(O)O. The lowest BCUT2D eigenvalue weighted by Crippen LogP contribution is -2.27. The highest BCUT2D eigenvalue weighted by Crippen LogP contribution is 2.40. The summed E-state index contributed by atoms with van der Waals surface area (Å²) in [5, 5.41) is 2.58. The first-order valence-corrected chi connectivity index (χ1v) is 11.6. The van der Waals surface area contributed by atoms with Gasteiger partial charge in [-0.25, -0.2) is 4.57 Å². The van der Waals surface area contributed by atoms with E-state index in [1.165, 1.54) is 30.4 Å². The van der Waals surface area contributed by atoms with Crippen molar-refractivity contribution in [2.24, 2.45) is 11.3 Å². The van der Waals surface area contributed by atoms with Crippen LogP contribution in [-0.4, -0.2) is 28.8 Å². The Bertz CT molecular complexity index is 727. The van der Waals surface area contributed by atoms with E-state index < -0.39 is 7.82 Å². The monoisotopic (exact) mass is 425 g/mol. The number of rotatable bonds is 10. The summed E-state index contributed by atoms with van der Waals surface area (Å²) in [6, 6.07) is 0. The lowest BCUT2D eigenvalue weighted by atomic mass is 9.72. The number of phosphoric acid groups is 1. The molecule has 0 fully saturated rings. The fourth-order valence-electron chi connectivity index (χ4n) is 3.47. The van der Waals surface area contributed by atoms with Gasteiger partial charge in [0.25, 0.3) is 0 Å². The Morgan fingerprint density at radius 2 is 2.07 bits per heavy atom. The molecule has 0 aliphatic heterocycles. The van der Waals surface area contributed by atoms with Gasteiger partial charge >= 0.3 is 7.82 Å². The molecule has 0 aromatic rings. The zero-order valence-electron chi connectivity index (χ0n) is 18.3. The average Bonchev–Trinajstić information content (AvgIpc) is 2.57. The summed E-state index contributed by atoms with van der Waals surface area (Å²) < 4.78 is 14.8. The summed E-state index contributed by atoms with van der Waals surface area (Å²) in [6.45, 7) is 10.7. The molecule has 6 nitrogen and oxygen atoms in total. The van der Waals surface area contributed by atoms with Crippen LogP contribution >= 0.6 is 7.82 Å². The summed E-state index contributed by atoms with van der Waals surface area (Å²) in [6.07, 6.45) is 14.3.